The van der Waals surface area contributed by atoms with E-state index >= 15 is 0 Å². The lowest BCUT2D eigenvalue weighted by atomic mass is 10.3. The maximum absolute atomic E-state index is 6.06. The third-order valence-corrected chi connectivity index (χ3v) is 3.99. The molecule has 1 aromatic carbocycles. The molecular formula is C15H15Cl2N5. The maximum Gasteiger partial charge on any atom is 0.157 e. The highest BCUT2D eigenvalue weighted by molar-refractivity contribution is 6.42. The van der Waals surface area contributed by atoms with Crippen molar-refractivity contribution in [3.8, 4) is 0 Å². The summed E-state index contributed by atoms with van der Waals surface area (Å²) in [5.74, 6) is 2.26. The fourth-order valence-corrected chi connectivity index (χ4v) is 2.60. The number of nitrogens with zero attached hydrogens (tertiary/aromatic N) is 4. The molecule has 5 nitrogen and oxygen atoms in total. The summed E-state index contributed by atoms with van der Waals surface area (Å²) in [7, 11) is 0. The molecule has 0 atom stereocenters. The van der Waals surface area contributed by atoms with E-state index in [0.29, 0.717) is 15.9 Å². The largest absolute Gasteiger partial charge is 0.286 e. The van der Waals surface area contributed by atoms with Crippen molar-refractivity contribution in [3.05, 3.63) is 45.8 Å². The van der Waals surface area contributed by atoms with Gasteiger partial charge in [-0.1, -0.05) is 23.2 Å². The Balaban J connectivity index is 1.79. The number of amidine groups is 1. The van der Waals surface area contributed by atoms with Crippen LogP contribution in [0.5, 0.6) is 0 Å². The van der Waals surface area contributed by atoms with E-state index in [1.807, 2.05) is 37.1 Å². The van der Waals surface area contributed by atoms with E-state index in [0.717, 1.165) is 36.0 Å². The van der Waals surface area contributed by atoms with Crippen LogP contribution in [0.15, 0.2) is 29.3 Å². The first kappa shape index (κ1) is 15.1. The van der Waals surface area contributed by atoms with Gasteiger partial charge in [-0.05, 0) is 32.0 Å². The van der Waals surface area contributed by atoms with Gasteiger partial charge in [-0.15, -0.1) is 0 Å². The molecule has 1 aliphatic heterocycles. The molecule has 2 aromatic rings. The number of hydrogen-bond acceptors (Lipinski definition) is 4. The monoisotopic (exact) mass is 335 g/mol. The number of anilines is 1. The van der Waals surface area contributed by atoms with Gasteiger partial charge in [0.05, 0.1) is 15.7 Å². The molecule has 3 rings (SSSR count). The Kier molecular flexibility index (Phi) is 4.18. The molecule has 114 valence electrons. The summed E-state index contributed by atoms with van der Waals surface area (Å²) in [4.78, 5) is 13.1. The fraction of sp³-hybridized carbons (Fsp3) is 0.267. The summed E-state index contributed by atoms with van der Waals surface area (Å²) in [6.45, 7) is 4.60. The number of aromatic nitrogens is 2. The first-order valence-corrected chi connectivity index (χ1v) is 7.66. The Morgan fingerprint density at radius 3 is 2.68 bits per heavy atom. The topological polar surface area (TPSA) is 53.4 Å². The molecule has 1 N–H and O–H groups in total. The lowest BCUT2D eigenvalue weighted by Gasteiger charge is -2.18. The minimum Gasteiger partial charge on any atom is -0.286 e. The average Bonchev–Trinajstić information content (AvgIpc) is 2.89. The molecule has 0 amide bonds. The predicted octanol–water partition coefficient (Wildman–Crippen LogP) is 3.85. The third kappa shape index (κ3) is 3.31. The molecule has 22 heavy (non-hydrogen) atoms. The second kappa shape index (κ2) is 6.10. The highest BCUT2D eigenvalue weighted by Crippen LogP contribution is 2.27. The number of nitrogens with one attached hydrogen (secondary N) is 1. The lowest BCUT2D eigenvalue weighted by Crippen LogP contribution is -2.33. The number of aryl methyl sites for hydroxylation is 2. The van der Waals surface area contributed by atoms with Gasteiger partial charge in [0.25, 0.3) is 0 Å². The van der Waals surface area contributed by atoms with Gasteiger partial charge in [0.15, 0.2) is 5.82 Å². The van der Waals surface area contributed by atoms with Gasteiger partial charge in [-0.2, -0.15) is 0 Å². The summed E-state index contributed by atoms with van der Waals surface area (Å²) in [5.41, 5.74) is 5.12. The zero-order valence-corrected chi connectivity index (χ0v) is 13.8. The van der Waals surface area contributed by atoms with Crippen molar-refractivity contribution in [2.75, 3.05) is 11.6 Å². The van der Waals surface area contributed by atoms with Gasteiger partial charge in [0.2, 0.25) is 0 Å². The summed E-state index contributed by atoms with van der Waals surface area (Å²) >= 11 is 12.0. The quantitative estimate of drug-likeness (QED) is 0.905. The predicted molar refractivity (Wildman–Crippen MR) is 90.2 cm³/mol. The van der Waals surface area contributed by atoms with Crippen LogP contribution in [-0.4, -0.2) is 22.3 Å². The molecule has 0 spiro atoms. The molecule has 0 aliphatic carbocycles. The van der Waals surface area contributed by atoms with E-state index in [1.54, 1.807) is 6.07 Å². The summed E-state index contributed by atoms with van der Waals surface area (Å²) in [6, 6.07) is 7.40. The van der Waals surface area contributed by atoms with Crippen molar-refractivity contribution in [2.45, 2.75) is 20.3 Å². The van der Waals surface area contributed by atoms with E-state index in [1.165, 1.54) is 0 Å². The van der Waals surface area contributed by atoms with Crippen molar-refractivity contribution in [1.82, 2.24) is 15.4 Å². The van der Waals surface area contributed by atoms with Gasteiger partial charge < -0.3 is 0 Å². The number of halogens is 2. The minimum absolute atomic E-state index is 0.536. The normalized spacial score (nSPS) is 16.2. The molecule has 1 saturated heterocycles. The van der Waals surface area contributed by atoms with Gasteiger partial charge in [0, 0.05) is 24.7 Å². The molecule has 0 bridgehead atoms. The van der Waals surface area contributed by atoms with Crippen LogP contribution in [0.2, 0.25) is 10.0 Å². The van der Waals surface area contributed by atoms with Gasteiger partial charge >= 0.3 is 0 Å². The number of hydrazine groups is 1. The zero-order chi connectivity index (χ0) is 15.7. The molecule has 2 heterocycles. The first-order chi connectivity index (χ1) is 10.5. The Morgan fingerprint density at radius 1 is 1.14 bits per heavy atom. The van der Waals surface area contributed by atoms with Gasteiger partial charge in [0.1, 0.15) is 11.7 Å². The van der Waals surface area contributed by atoms with Crippen LogP contribution >= 0.6 is 23.2 Å². The second-order valence-corrected chi connectivity index (χ2v) is 5.90. The first-order valence-electron chi connectivity index (χ1n) is 6.90. The SMILES string of the molecule is Cc1cc(N=C2CCN(c3ccc(Cl)c(Cl)c3)N2)nc(C)n1. The van der Waals surface area contributed by atoms with Crippen molar-refractivity contribution in [3.63, 3.8) is 0 Å². The number of benzene rings is 1. The Bertz CT molecular complexity index is 724. The van der Waals surface area contributed by atoms with Crippen molar-refractivity contribution in [1.29, 1.82) is 0 Å². The van der Waals surface area contributed by atoms with Crippen molar-refractivity contribution >= 4 is 40.5 Å². The average molecular weight is 336 g/mol. The fourth-order valence-electron chi connectivity index (χ4n) is 2.31. The molecule has 0 saturated carbocycles. The molecular weight excluding hydrogens is 321 g/mol. The molecule has 0 unspecified atom stereocenters. The summed E-state index contributed by atoms with van der Waals surface area (Å²) in [5, 5.41) is 3.07. The van der Waals surface area contributed by atoms with Crippen LogP contribution in [0, 0.1) is 13.8 Å². The van der Waals surface area contributed by atoms with Crippen LogP contribution in [0.3, 0.4) is 0 Å². The number of aliphatic imine (C=N–C) groups is 1. The molecule has 0 radical (unpaired) electrons. The van der Waals surface area contributed by atoms with Crippen LogP contribution in [0.4, 0.5) is 11.5 Å². The maximum atomic E-state index is 6.06. The smallest absolute Gasteiger partial charge is 0.157 e. The number of rotatable bonds is 2. The van der Waals surface area contributed by atoms with Gasteiger partial charge in [-0.3, -0.25) is 10.4 Å². The van der Waals surface area contributed by atoms with Crippen molar-refractivity contribution in [2.24, 2.45) is 4.99 Å². The van der Waals surface area contributed by atoms with E-state index in [9.17, 15) is 0 Å². The minimum atomic E-state index is 0.536. The molecule has 1 fully saturated rings. The number of hydrogen-bond donors (Lipinski definition) is 1. The Morgan fingerprint density at radius 2 is 1.95 bits per heavy atom. The molecule has 1 aliphatic rings. The zero-order valence-electron chi connectivity index (χ0n) is 12.3. The van der Waals surface area contributed by atoms with E-state index in [-0.39, 0.29) is 0 Å². The molecule has 7 heteroatoms. The molecule has 1 aromatic heterocycles. The summed E-state index contributed by atoms with van der Waals surface area (Å²) in [6.07, 6.45) is 0.808. The van der Waals surface area contributed by atoms with Gasteiger partial charge in [-0.25, -0.2) is 15.0 Å². The van der Waals surface area contributed by atoms with Crippen molar-refractivity contribution < 1.29 is 0 Å². The Labute approximate surface area is 139 Å². The highest BCUT2D eigenvalue weighted by Gasteiger charge is 2.18. The third-order valence-electron chi connectivity index (χ3n) is 3.25. The van der Waals surface area contributed by atoms with Crippen LogP contribution < -0.4 is 10.4 Å². The van der Waals surface area contributed by atoms with Crippen LogP contribution in [0.1, 0.15) is 17.9 Å². The lowest BCUT2D eigenvalue weighted by molar-refractivity contribution is 0.858. The van der Waals surface area contributed by atoms with Crippen LogP contribution in [-0.2, 0) is 0 Å². The van der Waals surface area contributed by atoms with E-state index in [4.69, 9.17) is 23.2 Å². The van der Waals surface area contributed by atoms with Crippen LogP contribution in [0.25, 0.3) is 0 Å². The standard InChI is InChI=1S/C15H15Cl2N5/c1-9-7-15(19-10(2)18-9)20-14-5-6-22(21-14)11-3-4-12(16)13(17)8-11/h3-4,7-8H,5-6H2,1-2H3,(H,18,19,20,21). The summed E-state index contributed by atoms with van der Waals surface area (Å²) < 4.78 is 0. The highest BCUT2D eigenvalue weighted by atomic mass is 35.5. The van der Waals surface area contributed by atoms with E-state index in [2.05, 4.69) is 20.4 Å². The second-order valence-electron chi connectivity index (χ2n) is 5.09. The van der Waals surface area contributed by atoms with E-state index < -0.39 is 0 Å². The Hall–Kier alpha value is -1.85.